The van der Waals surface area contributed by atoms with Crippen LogP contribution in [-0.4, -0.2) is 57.5 Å². The van der Waals surface area contributed by atoms with Crippen molar-refractivity contribution in [3.05, 3.63) is 78.0 Å². The van der Waals surface area contributed by atoms with Crippen molar-refractivity contribution in [3.63, 3.8) is 0 Å². The van der Waals surface area contributed by atoms with Crippen molar-refractivity contribution in [2.45, 2.75) is 4.90 Å². The molecule has 1 amide bonds. The maximum absolute atomic E-state index is 13.0. The first kappa shape index (κ1) is 23.1. The van der Waals surface area contributed by atoms with Gasteiger partial charge in [0.1, 0.15) is 17.6 Å². The zero-order chi connectivity index (χ0) is 24.1. The van der Waals surface area contributed by atoms with E-state index in [1.54, 1.807) is 47.5 Å². The number of piperazine rings is 1. The second kappa shape index (κ2) is 9.80. The molecule has 174 valence electrons. The van der Waals surface area contributed by atoms with Gasteiger partial charge in [0, 0.05) is 37.9 Å². The smallest absolute Gasteiger partial charge is 0.262 e. The summed E-state index contributed by atoms with van der Waals surface area (Å²) in [4.78, 5) is 21.0. The molecule has 0 spiro atoms. The van der Waals surface area contributed by atoms with E-state index in [0.29, 0.717) is 54.6 Å². The highest BCUT2D eigenvalue weighted by atomic mass is 32.2. The van der Waals surface area contributed by atoms with E-state index < -0.39 is 10.0 Å². The Hall–Kier alpha value is -4.10. The van der Waals surface area contributed by atoms with Crippen molar-refractivity contribution in [3.8, 4) is 11.8 Å². The number of benzene rings is 2. The van der Waals surface area contributed by atoms with Gasteiger partial charge in [-0.3, -0.25) is 9.52 Å². The molecule has 1 aliphatic heterocycles. The molecule has 2 heterocycles. The molecule has 1 aromatic heterocycles. The molecular weight excluding hydrogens is 454 g/mol. The van der Waals surface area contributed by atoms with Crippen molar-refractivity contribution >= 4 is 27.4 Å². The number of rotatable bonds is 6. The highest BCUT2D eigenvalue weighted by Crippen LogP contribution is 2.26. The fourth-order valence-corrected chi connectivity index (χ4v) is 4.82. The Morgan fingerprint density at radius 3 is 2.41 bits per heavy atom. The number of nitrogens with one attached hydrogen (secondary N) is 1. The summed E-state index contributed by atoms with van der Waals surface area (Å²) in [6, 6.07) is 18.2. The minimum absolute atomic E-state index is 0.0407. The van der Waals surface area contributed by atoms with E-state index in [4.69, 9.17) is 4.74 Å². The molecule has 1 aliphatic rings. The molecule has 1 fully saturated rings. The summed E-state index contributed by atoms with van der Waals surface area (Å²) < 4.78 is 33.3. The quantitative estimate of drug-likeness (QED) is 0.580. The Balaban J connectivity index is 1.42. The van der Waals surface area contributed by atoms with Crippen LogP contribution in [0.3, 0.4) is 0 Å². The van der Waals surface area contributed by atoms with E-state index in [-0.39, 0.29) is 10.8 Å². The topological polar surface area (TPSA) is 116 Å². The molecule has 0 radical (unpaired) electrons. The number of nitrogens with zero attached hydrogens (tertiary/aromatic N) is 4. The van der Waals surface area contributed by atoms with Gasteiger partial charge in [-0.2, -0.15) is 5.26 Å². The number of anilines is 2. The lowest BCUT2D eigenvalue weighted by Crippen LogP contribution is -2.49. The number of carbonyl (C=O) groups is 1. The van der Waals surface area contributed by atoms with Gasteiger partial charge in [0.25, 0.3) is 15.9 Å². The average molecular weight is 478 g/mol. The van der Waals surface area contributed by atoms with Crippen LogP contribution < -0.4 is 14.4 Å². The standard InChI is InChI=1S/C24H23N5O4S/c1-33-22-7-3-2-6-21(22)27-34(31,32)20-10-8-18(9-11-20)24(30)29-15-13-28(14-16-29)23-19(17-25)5-4-12-26-23/h2-12,27H,13-16H2,1H3. The minimum atomic E-state index is -3.85. The lowest BCUT2D eigenvalue weighted by Gasteiger charge is -2.35. The molecule has 0 saturated carbocycles. The third kappa shape index (κ3) is 4.79. The summed E-state index contributed by atoms with van der Waals surface area (Å²) in [5.74, 6) is 0.849. The predicted molar refractivity (Wildman–Crippen MR) is 127 cm³/mol. The highest BCUT2D eigenvalue weighted by molar-refractivity contribution is 7.92. The number of ether oxygens (including phenoxy) is 1. The molecule has 3 aromatic rings. The summed E-state index contributed by atoms with van der Waals surface area (Å²) in [7, 11) is -2.39. The molecule has 10 heteroatoms. The van der Waals surface area contributed by atoms with Crippen LogP contribution in [0.5, 0.6) is 5.75 Å². The van der Waals surface area contributed by atoms with Crippen LogP contribution in [0.2, 0.25) is 0 Å². The molecule has 1 N–H and O–H groups in total. The third-order valence-corrected chi connectivity index (χ3v) is 6.92. The lowest BCUT2D eigenvalue weighted by atomic mass is 10.1. The number of aromatic nitrogens is 1. The second-order valence-electron chi connectivity index (χ2n) is 7.60. The first-order valence-corrected chi connectivity index (χ1v) is 12.1. The van der Waals surface area contributed by atoms with Crippen LogP contribution in [0, 0.1) is 11.3 Å². The fourth-order valence-electron chi connectivity index (χ4n) is 3.75. The predicted octanol–water partition coefficient (Wildman–Crippen LogP) is 2.73. The van der Waals surface area contributed by atoms with Gasteiger partial charge in [-0.15, -0.1) is 0 Å². The van der Waals surface area contributed by atoms with Crippen molar-refractivity contribution in [1.29, 1.82) is 5.26 Å². The summed E-state index contributed by atoms with van der Waals surface area (Å²) >= 11 is 0. The fraction of sp³-hybridized carbons (Fsp3) is 0.208. The van der Waals surface area contributed by atoms with Crippen LogP contribution >= 0.6 is 0 Å². The molecule has 0 bridgehead atoms. The van der Waals surface area contributed by atoms with E-state index in [9.17, 15) is 18.5 Å². The molecule has 0 aliphatic carbocycles. The number of sulfonamides is 1. The normalized spacial score (nSPS) is 13.8. The minimum Gasteiger partial charge on any atom is -0.495 e. The van der Waals surface area contributed by atoms with Crippen molar-refractivity contribution in [2.24, 2.45) is 0 Å². The van der Waals surface area contributed by atoms with Gasteiger partial charge >= 0.3 is 0 Å². The van der Waals surface area contributed by atoms with Crippen molar-refractivity contribution in [1.82, 2.24) is 9.88 Å². The average Bonchev–Trinajstić information content (AvgIpc) is 2.88. The number of hydrogen-bond donors (Lipinski definition) is 1. The highest BCUT2D eigenvalue weighted by Gasteiger charge is 2.25. The maximum Gasteiger partial charge on any atom is 0.262 e. The van der Waals surface area contributed by atoms with Gasteiger partial charge in [0.05, 0.1) is 23.3 Å². The number of nitriles is 1. The van der Waals surface area contributed by atoms with Crippen LogP contribution in [0.4, 0.5) is 11.5 Å². The molecule has 34 heavy (non-hydrogen) atoms. The Bertz CT molecular complexity index is 1330. The van der Waals surface area contributed by atoms with Gasteiger partial charge in [-0.25, -0.2) is 13.4 Å². The van der Waals surface area contributed by atoms with Crippen LogP contribution in [0.25, 0.3) is 0 Å². The zero-order valence-electron chi connectivity index (χ0n) is 18.5. The van der Waals surface area contributed by atoms with Gasteiger partial charge in [-0.05, 0) is 48.5 Å². The van der Waals surface area contributed by atoms with E-state index in [2.05, 4.69) is 15.8 Å². The van der Waals surface area contributed by atoms with Crippen molar-refractivity contribution < 1.29 is 17.9 Å². The van der Waals surface area contributed by atoms with Crippen LogP contribution in [-0.2, 0) is 10.0 Å². The molecule has 4 rings (SSSR count). The number of amides is 1. The largest absolute Gasteiger partial charge is 0.495 e. The van der Waals surface area contributed by atoms with Crippen LogP contribution in [0.15, 0.2) is 71.8 Å². The maximum atomic E-state index is 13.0. The molecular formula is C24H23N5O4S. The summed E-state index contributed by atoms with van der Waals surface area (Å²) in [6.45, 7) is 2.03. The first-order chi connectivity index (χ1) is 16.4. The summed E-state index contributed by atoms with van der Waals surface area (Å²) in [6.07, 6.45) is 1.64. The Kier molecular flexibility index (Phi) is 6.65. The monoisotopic (exact) mass is 477 g/mol. The lowest BCUT2D eigenvalue weighted by molar-refractivity contribution is 0.0746. The zero-order valence-corrected chi connectivity index (χ0v) is 19.3. The number of para-hydroxylation sites is 2. The molecule has 2 aromatic carbocycles. The first-order valence-electron chi connectivity index (χ1n) is 10.6. The molecule has 0 atom stereocenters. The van der Waals surface area contributed by atoms with Gasteiger partial charge in [0.2, 0.25) is 0 Å². The molecule has 0 unspecified atom stereocenters. The Labute approximate surface area is 198 Å². The number of pyridine rings is 1. The summed E-state index contributed by atoms with van der Waals surface area (Å²) in [5.41, 5.74) is 1.23. The van der Waals surface area contributed by atoms with Crippen LogP contribution in [0.1, 0.15) is 15.9 Å². The van der Waals surface area contributed by atoms with E-state index in [0.717, 1.165) is 0 Å². The Morgan fingerprint density at radius 2 is 1.74 bits per heavy atom. The second-order valence-corrected chi connectivity index (χ2v) is 9.28. The number of methoxy groups -OCH3 is 1. The van der Waals surface area contributed by atoms with Crippen molar-refractivity contribution in [2.75, 3.05) is 42.9 Å². The number of hydrogen-bond acceptors (Lipinski definition) is 7. The van der Waals surface area contributed by atoms with Gasteiger partial charge in [0.15, 0.2) is 0 Å². The third-order valence-electron chi connectivity index (χ3n) is 5.54. The molecule has 1 saturated heterocycles. The van der Waals surface area contributed by atoms with E-state index in [1.165, 1.54) is 31.4 Å². The SMILES string of the molecule is COc1ccccc1NS(=O)(=O)c1ccc(C(=O)N2CCN(c3ncccc3C#N)CC2)cc1. The summed E-state index contributed by atoms with van der Waals surface area (Å²) in [5, 5.41) is 9.29. The Morgan fingerprint density at radius 1 is 1.03 bits per heavy atom. The van der Waals surface area contributed by atoms with Gasteiger partial charge < -0.3 is 14.5 Å². The van der Waals surface area contributed by atoms with E-state index >= 15 is 0 Å². The number of carbonyl (C=O) groups excluding carboxylic acids is 1. The molecule has 9 nitrogen and oxygen atoms in total. The van der Waals surface area contributed by atoms with Gasteiger partial charge in [-0.1, -0.05) is 12.1 Å². The van der Waals surface area contributed by atoms with E-state index in [1.807, 2.05) is 4.90 Å².